The summed E-state index contributed by atoms with van der Waals surface area (Å²) in [7, 11) is 0. The lowest BCUT2D eigenvalue weighted by atomic mass is 9.87. The molecule has 0 unspecified atom stereocenters. The molecular formula is C21H41N5O2. The Morgan fingerprint density at radius 2 is 1.50 bits per heavy atom. The summed E-state index contributed by atoms with van der Waals surface area (Å²) in [5.41, 5.74) is -0.568. The molecule has 0 aromatic heterocycles. The topological polar surface area (TPSA) is 97.3 Å². The van der Waals surface area contributed by atoms with Gasteiger partial charge in [0.25, 0.3) is 5.91 Å². The van der Waals surface area contributed by atoms with Gasteiger partial charge >= 0.3 is 6.03 Å². The molecule has 1 heterocycles. The number of hydrogen-bond donors (Lipinski definition) is 4. The first-order chi connectivity index (χ1) is 13.5. The molecule has 162 valence electrons. The molecule has 0 atom stereocenters. The van der Waals surface area contributed by atoms with Crippen LogP contribution < -0.4 is 16.0 Å². The fraction of sp³-hybridized carbons (Fsp3) is 0.857. The predicted octanol–water partition coefficient (Wildman–Crippen LogP) is 3.74. The van der Waals surface area contributed by atoms with Crippen molar-refractivity contribution in [2.24, 2.45) is 0 Å². The maximum absolute atomic E-state index is 13.0. The van der Waals surface area contributed by atoms with Gasteiger partial charge in [0.1, 0.15) is 5.54 Å². The number of amides is 3. The lowest BCUT2D eigenvalue weighted by Gasteiger charge is -2.27. The number of nitrogens with one attached hydrogen (secondary N) is 4. The van der Waals surface area contributed by atoms with Crippen molar-refractivity contribution in [3.8, 4) is 0 Å². The molecule has 0 spiro atoms. The third kappa shape index (κ3) is 7.68. The van der Waals surface area contributed by atoms with E-state index >= 15 is 0 Å². The fourth-order valence-corrected chi connectivity index (χ4v) is 3.56. The minimum Gasteiger partial charge on any atom is -0.342 e. The number of nitrogens with zero attached hydrogens (tertiary/aromatic N) is 1. The number of urea groups is 1. The zero-order valence-corrected chi connectivity index (χ0v) is 18.2. The van der Waals surface area contributed by atoms with Gasteiger partial charge in [-0.05, 0) is 38.5 Å². The van der Waals surface area contributed by atoms with Crippen molar-refractivity contribution in [3.63, 3.8) is 0 Å². The third-order valence-electron chi connectivity index (χ3n) is 5.36. The summed E-state index contributed by atoms with van der Waals surface area (Å²) in [6.07, 6.45) is 10.4. The van der Waals surface area contributed by atoms with E-state index in [-0.39, 0.29) is 17.9 Å². The first-order valence-corrected chi connectivity index (χ1v) is 11.2. The molecule has 7 heteroatoms. The van der Waals surface area contributed by atoms with Gasteiger partial charge in [0.15, 0.2) is 5.96 Å². The van der Waals surface area contributed by atoms with E-state index in [1.54, 1.807) is 4.90 Å². The highest BCUT2D eigenvalue weighted by molar-refractivity contribution is 6.07. The second-order valence-corrected chi connectivity index (χ2v) is 7.82. The number of carbonyl (C=O) groups excluding carboxylic acids is 2. The van der Waals surface area contributed by atoms with Crippen molar-refractivity contribution in [1.29, 1.82) is 5.41 Å². The quantitative estimate of drug-likeness (QED) is 0.318. The Labute approximate surface area is 170 Å². The SMILES string of the molecule is CCCCNC(=O)NCCCCCN1C(=N)NC(CCCC)(CCCC)C1=O. The molecule has 4 N–H and O–H groups in total. The number of hydrogen-bond acceptors (Lipinski definition) is 3. The van der Waals surface area contributed by atoms with Crippen molar-refractivity contribution in [2.75, 3.05) is 19.6 Å². The van der Waals surface area contributed by atoms with E-state index in [2.05, 4.69) is 36.7 Å². The van der Waals surface area contributed by atoms with Gasteiger partial charge in [-0.1, -0.05) is 52.9 Å². The van der Waals surface area contributed by atoms with Gasteiger partial charge in [-0.3, -0.25) is 15.1 Å². The molecule has 1 aliphatic rings. The number of carbonyl (C=O) groups is 2. The van der Waals surface area contributed by atoms with E-state index in [1.807, 2.05) is 0 Å². The Bertz CT molecular complexity index is 487. The molecule has 3 amide bonds. The molecule has 1 aliphatic heterocycles. The second kappa shape index (κ2) is 13.4. The fourth-order valence-electron chi connectivity index (χ4n) is 3.56. The minimum absolute atomic E-state index is 0.0767. The predicted molar refractivity (Wildman–Crippen MR) is 115 cm³/mol. The number of rotatable bonds is 15. The minimum atomic E-state index is -0.568. The highest BCUT2D eigenvalue weighted by Crippen LogP contribution is 2.29. The van der Waals surface area contributed by atoms with E-state index in [0.29, 0.717) is 19.6 Å². The molecule has 0 aromatic rings. The van der Waals surface area contributed by atoms with Crippen LogP contribution in [-0.2, 0) is 4.79 Å². The van der Waals surface area contributed by atoms with Crippen molar-refractivity contribution in [1.82, 2.24) is 20.9 Å². The highest BCUT2D eigenvalue weighted by atomic mass is 16.2. The third-order valence-corrected chi connectivity index (χ3v) is 5.36. The summed E-state index contributed by atoms with van der Waals surface area (Å²) in [5, 5.41) is 17.2. The first kappa shape index (κ1) is 24.2. The standard InChI is InChI=1S/C21H41N5O2/c1-4-7-13-21(14-8-5-2)18(27)26(19(22)25-21)17-12-10-11-16-24-20(28)23-15-9-6-3/h4-17H2,1-3H3,(H2,22,25)(H2,23,24,28). The van der Waals surface area contributed by atoms with Crippen LogP contribution in [0.15, 0.2) is 0 Å². The van der Waals surface area contributed by atoms with Crippen LogP contribution in [-0.4, -0.2) is 48.0 Å². The van der Waals surface area contributed by atoms with E-state index in [4.69, 9.17) is 5.41 Å². The maximum Gasteiger partial charge on any atom is 0.314 e. The van der Waals surface area contributed by atoms with Gasteiger partial charge < -0.3 is 16.0 Å². The van der Waals surface area contributed by atoms with Gasteiger partial charge in [0, 0.05) is 19.6 Å². The zero-order valence-electron chi connectivity index (χ0n) is 18.2. The molecule has 0 radical (unpaired) electrons. The number of guanidine groups is 1. The summed E-state index contributed by atoms with van der Waals surface area (Å²) >= 11 is 0. The molecule has 1 fully saturated rings. The molecule has 1 saturated heterocycles. The molecule has 28 heavy (non-hydrogen) atoms. The summed E-state index contributed by atoms with van der Waals surface area (Å²) in [6, 6.07) is -0.106. The van der Waals surface area contributed by atoms with Gasteiger partial charge in [-0.25, -0.2) is 4.79 Å². The van der Waals surface area contributed by atoms with E-state index in [9.17, 15) is 9.59 Å². The van der Waals surface area contributed by atoms with Crippen LogP contribution in [0, 0.1) is 5.41 Å². The summed E-state index contributed by atoms with van der Waals surface area (Å²) < 4.78 is 0. The summed E-state index contributed by atoms with van der Waals surface area (Å²) in [6.45, 7) is 8.29. The smallest absolute Gasteiger partial charge is 0.314 e. The largest absolute Gasteiger partial charge is 0.342 e. The molecule has 0 bridgehead atoms. The van der Waals surface area contributed by atoms with Gasteiger partial charge in [-0.2, -0.15) is 0 Å². The van der Waals surface area contributed by atoms with Crippen LogP contribution in [0.1, 0.15) is 91.4 Å². The monoisotopic (exact) mass is 395 g/mol. The van der Waals surface area contributed by atoms with Crippen molar-refractivity contribution >= 4 is 17.9 Å². The zero-order chi connectivity index (χ0) is 20.8. The average Bonchev–Trinajstić information content (AvgIpc) is 2.91. The first-order valence-electron chi connectivity index (χ1n) is 11.2. The molecule has 7 nitrogen and oxygen atoms in total. The second-order valence-electron chi connectivity index (χ2n) is 7.82. The van der Waals surface area contributed by atoms with Gasteiger partial charge in [0.05, 0.1) is 0 Å². The van der Waals surface area contributed by atoms with Crippen LogP contribution in [0.5, 0.6) is 0 Å². The lowest BCUT2D eigenvalue weighted by Crippen LogP contribution is -2.47. The van der Waals surface area contributed by atoms with Crippen LogP contribution in [0.4, 0.5) is 4.79 Å². The van der Waals surface area contributed by atoms with Crippen LogP contribution in [0.2, 0.25) is 0 Å². The molecular weight excluding hydrogens is 354 g/mol. The summed E-state index contributed by atoms with van der Waals surface area (Å²) in [5.74, 6) is 0.332. The van der Waals surface area contributed by atoms with Crippen LogP contribution in [0.25, 0.3) is 0 Å². The van der Waals surface area contributed by atoms with Gasteiger partial charge in [0.2, 0.25) is 0 Å². The number of unbranched alkanes of at least 4 members (excludes halogenated alkanes) is 5. The van der Waals surface area contributed by atoms with E-state index < -0.39 is 5.54 Å². The maximum atomic E-state index is 13.0. The van der Waals surface area contributed by atoms with Crippen LogP contribution in [0.3, 0.4) is 0 Å². The molecule has 1 rings (SSSR count). The normalized spacial score (nSPS) is 15.6. The lowest BCUT2D eigenvalue weighted by molar-refractivity contribution is -0.131. The average molecular weight is 396 g/mol. The van der Waals surface area contributed by atoms with Crippen LogP contribution >= 0.6 is 0 Å². The Morgan fingerprint density at radius 1 is 0.929 bits per heavy atom. The molecule has 0 saturated carbocycles. The van der Waals surface area contributed by atoms with Crippen molar-refractivity contribution < 1.29 is 9.59 Å². The van der Waals surface area contributed by atoms with E-state index in [1.165, 1.54) is 0 Å². The van der Waals surface area contributed by atoms with Crippen molar-refractivity contribution in [3.05, 3.63) is 0 Å². The molecule has 0 aromatic carbocycles. The van der Waals surface area contributed by atoms with Gasteiger partial charge in [-0.15, -0.1) is 0 Å². The Hall–Kier alpha value is -1.79. The Kier molecular flexibility index (Phi) is 11.6. The Morgan fingerprint density at radius 3 is 2.07 bits per heavy atom. The van der Waals surface area contributed by atoms with E-state index in [0.717, 1.165) is 70.6 Å². The van der Waals surface area contributed by atoms with Crippen molar-refractivity contribution in [2.45, 2.75) is 96.9 Å². The summed E-state index contributed by atoms with van der Waals surface area (Å²) in [4.78, 5) is 26.2. The molecule has 0 aliphatic carbocycles. The Balaban J connectivity index is 2.34. The highest BCUT2D eigenvalue weighted by Gasteiger charge is 2.47.